The molecule has 5 N–H and O–H groups in total. The summed E-state index contributed by atoms with van der Waals surface area (Å²) in [6, 6.07) is 8.18. The van der Waals surface area contributed by atoms with Gasteiger partial charge in [-0.25, -0.2) is 4.98 Å². The number of pyridine rings is 1. The van der Waals surface area contributed by atoms with Gasteiger partial charge in [-0.1, -0.05) is 41.9 Å². The van der Waals surface area contributed by atoms with Gasteiger partial charge < -0.3 is 25.8 Å². The van der Waals surface area contributed by atoms with E-state index in [0.717, 1.165) is 5.56 Å². The van der Waals surface area contributed by atoms with E-state index in [0.29, 0.717) is 5.56 Å². The number of primary amides is 1. The molecule has 1 heterocycles. The minimum absolute atomic E-state index is 0.0250. The first-order valence-corrected chi connectivity index (χ1v) is 12.3. The predicted octanol–water partition coefficient (Wildman–Crippen LogP) is 1.89. The van der Waals surface area contributed by atoms with Crippen LogP contribution in [0.2, 0.25) is 5.15 Å². The molecule has 4 atom stereocenters. The van der Waals surface area contributed by atoms with Crippen LogP contribution in [0.25, 0.3) is 5.76 Å². The number of likely N-dealkylation sites (N-methyl/N-ethyl adjacent to an activating group) is 1. The quantitative estimate of drug-likeness (QED) is 0.328. The molecule has 0 saturated heterocycles. The lowest BCUT2D eigenvalue weighted by Crippen LogP contribution is -2.65. The SMILES string of the molecule is CN(C)[C@@H]1C(=O)C(C(N)=O)=C(O)[C@@]2(O)C(=O)C3=C(O)c4c(OCc5ccccc5)cnc(Cl)c4C[C@H]3C[C@@H]12. The molecule has 1 fully saturated rings. The summed E-state index contributed by atoms with van der Waals surface area (Å²) in [5, 5.41) is 34.2. The maximum Gasteiger partial charge on any atom is 0.255 e. The number of halogens is 1. The van der Waals surface area contributed by atoms with Gasteiger partial charge in [-0.15, -0.1) is 0 Å². The number of fused-ring (bicyclic) bond motifs is 3. The maximum atomic E-state index is 13.9. The van der Waals surface area contributed by atoms with Gasteiger partial charge in [-0.3, -0.25) is 19.3 Å². The van der Waals surface area contributed by atoms with Crippen molar-refractivity contribution < 1.29 is 34.4 Å². The van der Waals surface area contributed by atoms with E-state index in [9.17, 15) is 29.7 Å². The number of ketones is 2. The fourth-order valence-electron chi connectivity index (χ4n) is 5.93. The van der Waals surface area contributed by atoms with Crippen LogP contribution in [-0.4, -0.2) is 68.4 Å². The number of ether oxygens (including phenoxy) is 1. The number of nitrogens with two attached hydrogens (primary N) is 1. The molecule has 0 aliphatic heterocycles. The number of aliphatic hydroxyl groups excluding tert-OH is 2. The molecule has 1 aromatic heterocycles. The highest BCUT2D eigenvalue weighted by Crippen LogP contribution is 2.53. The average molecular weight is 540 g/mol. The third kappa shape index (κ3) is 3.71. The molecule has 3 aliphatic rings. The number of carbonyl (C=O) groups excluding carboxylic acids is 3. The van der Waals surface area contributed by atoms with E-state index in [-0.39, 0.29) is 41.5 Å². The van der Waals surface area contributed by atoms with E-state index in [1.807, 2.05) is 30.3 Å². The largest absolute Gasteiger partial charge is 0.508 e. The predicted molar refractivity (Wildman–Crippen MR) is 136 cm³/mol. The number of benzene rings is 1. The zero-order valence-electron chi connectivity index (χ0n) is 20.6. The summed E-state index contributed by atoms with van der Waals surface area (Å²) in [6.45, 7) is 0.153. The third-order valence-electron chi connectivity index (χ3n) is 7.64. The van der Waals surface area contributed by atoms with Gasteiger partial charge in [-0.05, 0) is 38.4 Å². The van der Waals surface area contributed by atoms with Crippen LogP contribution in [0.15, 0.2) is 53.4 Å². The zero-order valence-corrected chi connectivity index (χ0v) is 21.4. The number of nitrogens with zero attached hydrogens (tertiary/aromatic N) is 2. The lowest BCUT2D eigenvalue weighted by molar-refractivity contribution is -0.153. The van der Waals surface area contributed by atoms with Crippen LogP contribution in [0.3, 0.4) is 0 Å². The van der Waals surface area contributed by atoms with Crippen LogP contribution in [0.1, 0.15) is 23.1 Å². The van der Waals surface area contributed by atoms with E-state index in [1.165, 1.54) is 11.1 Å². The minimum Gasteiger partial charge on any atom is -0.508 e. The Kier molecular flexibility index (Phi) is 6.29. The van der Waals surface area contributed by atoms with E-state index in [1.54, 1.807) is 14.1 Å². The number of Topliss-reactive ketones (excluding diaryl/α,β-unsaturated/α-hetero) is 2. The van der Waals surface area contributed by atoms with Crippen molar-refractivity contribution >= 4 is 34.8 Å². The van der Waals surface area contributed by atoms with Gasteiger partial charge in [0.05, 0.1) is 17.8 Å². The van der Waals surface area contributed by atoms with Crippen molar-refractivity contribution in [3.05, 3.63) is 75.3 Å². The van der Waals surface area contributed by atoms with Crippen molar-refractivity contribution in [2.45, 2.75) is 31.1 Å². The molecule has 3 aliphatic carbocycles. The Balaban J connectivity index is 1.65. The molecule has 11 heteroatoms. The van der Waals surface area contributed by atoms with Gasteiger partial charge in [0.1, 0.15) is 34.6 Å². The smallest absolute Gasteiger partial charge is 0.255 e. The van der Waals surface area contributed by atoms with Crippen LogP contribution < -0.4 is 10.5 Å². The summed E-state index contributed by atoms with van der Waals surface area (Å²) < 4.78 is 5.93. The summed E-state index contributed by atoms with van der Waals surface area (Å²) in [5.41, 5.74) is 3.22. The molecule has 0 spiro atoms. The van der Waals surface area contributed by atoms with E-state index < -0.39 is 58.0 Å². The molecular weight excluding hydrogens is 514 g/mol. The normalized spacial score (nSPS) is 26.7. The molecule has 1 aromatic carbocycles. The number of carbonyl (C=O) groups is 3. The zero-order chi connectivity index (χ0) is 27.5. The number of hydrogen-bond donors (Lipinski definition) is 4. The van der Waals surface area contributed by atoms with Crippen molar-refractivity contribution in [3.8, 4) is 5.75 Å². The Morgan fingerprint density at radius 3 is 2.55 bits per heavy atom. The van der Waals surface area contributed by atoms with E-state index >= 15 is 0 Å². The number of aliphatic hydroxyl groups is 3. The van der Waals surface area contributed by atoms with Crippen molar-refractivity contribution in [2.75, 3.05) is 14.1 Å². The highest BCUT2D eigenvalue weighted by molar-refractivity contribution is 6.30. The number of rotatable bonds is 5. The Morgan fingerprint density at radius 2 is 1.92 bits per heavy atom. The van der Waals surface area contributed by atoms with Crippen LogP contribution in [0, 0.1) is 11.8 Å². The second kappa shape index (κ2) is 9.23. The Labute approximate surface area is 223 Å². The summed E-state index contributed by atoms with van der Waals surface area (Å²) >= 11 is 6.41. The molecule has 10 nitrogen and oxygen atoms in total. The standard InChI is InChI=1S/C27H26ClN3O7/c1-31(2)20-15-9-13-8-14-18(16(10-30-25(14)28)38-11-12-6-4-3-5-7-12)21(32)17(13)23(34)27(15,37)24(35)19(22(20)33)26(29)36/h3-7,10,13,15,20,32,35,37H,8-9,11H2,1-2H3,(H2,29,36)/t13-,15-,20-,27-/m0/s1. The molecule has 1 amide bonds. The second-order valence-corrected chi connectivity index (χ2v) is 10.4. The molecule has 0 unspecified atom stereocenters. The van der Waals surface area contributed by atoms with Crippen LogP contribution in [0.5, 0.6) is 5.75 Å². The number of hydrogen-bond acceptors (Lipinski definition) is 9. The van der Waals surface area contributed by atoms with Crippen LogP contribution in [-0.2, 0) is 27.4 Å². The fourth-order valence-corrected chi connectivity index (χ4v) is 6.15. The molecule has 0 radical (unpaired) electrons. The first-order chi connectivity index (χ1) is 18.0. The molecule has 2 aromatic rings. The van der Waals surface area contributed by atoms with Gasteiger partial charge >= 0.3 is 0 Å². The summed E-state index contributed by atoms with van der Waals surface area (Å²) in [5.74, 6) is -6.21. The highest BCUT2D eigenvalue weighted by atomic mass is 35.5. The lowest BCUT2D eigenvalue weighted by atomic mass is 9.57. The van der Waals surface area contributed by atoms with Gasteiger partial charge in [0.25, 0.3) is 5.91 Å². The lowest BCUT2D eigenvalue weighted by Gasteiger charge is -2.50. The van der Waals surface area contributed by atoms with Crippen molar-refractivity contribution in [1.82, 2.24) is 9.88 Å². The fraction of sp³-hybridized carbons (Fsp3) is 0.333. The number of aromatic nitrogens is 1. The molecule has 198 valence electrons. The first kappa shape index (κ1) is 25.9. The molecule has 5 rings (SSSR count). The first-order valence-electron chi connectivity index (χ1n) is 12.0. The van der Waals surface area contributed by atoms with Crippen LogP contribution in [0.4, 0.5) is 0 Å². The van der Waals surface area contributed by atoms with Gasteiger partial charge in [0.15, 0.2) is 11.4 Å². The molecule has 1 saturated carbocycles. The molecular formula is C27H26ClN3O7. The van der Waals surface area contributed by atoms with Crippen molar-refractivity contribution in [2.24, 2.45) is 17.6 Å². The maximum absolute atomic E-state index is 13.9. The summed E-state index contributed by atoms with van der Waals surface area (Å²) in [4.78, 5) is 44.8. The average Bonchev–Trinajstić information content (AvgIpc) is 2.86. The highest BCUT2D eigenvalue weighted by Gasteiger charge is 2.64. The monoisotopic (exact) mass is 539 g/mol. The van der Waals surface area contributed by atoms with Crippen LogP contribution >= 0.6 is 11.6 Å². The third-order valence-corrected chi connectivity index (χ3v) is 7.97. The van der Waals surface area contributed by atoms with Crippen molar-refractivity contribution in [3.63, 3.8) is 0 Å². The molecule has 0 bridgehead atoms. The van der Waals surface area contributed by atoms with Crippen molar-refractivity contribution in [1.29, 1.82) is 0 Å². The Hall–Kier alpha value is -3.73. The van der Waals surface area contributed by atoms with Gasteiger partial charge in [-0.2, -0.15) is 0 Å². The summed E-state index contributed by atoms with van der Waals surface area (Å²) in [6.07, 6.45) is 1.54. The number of amides is 1. The van der Waals surface area contributed by atoms with Gasteiger partial charge in [0.2, 0.25) is 5.78 Å². The Bertz CT molecular complexity index is 1440. The Morgan fingerprint density at radius 1 is 1.24 bits per heavy atom. The minimum atomic E-state index is -2.65. The van der Waals surface area contributed by atoms with Gasteiger partial charge in [0, 0.05) is 17.1 Å². The van der Waals surface area contributed by atoms with E-state index in [2.05, 4.69) is 4.98 Å². The second-order valence-electron chi connectivity index (χ2n) is 10.0. The van der Waals surface area contributed by atoms with E-state index in [4.69, 9.17) is 22.1 Å². The summed E-state index contributed by atoms with van der Waals surface area (Å²) in [7, 11) is 3.12. The molecule has 38 heavy (non-hydrogen) atoms. The topological polar surface area (TPSA) is 163 Å².